The van der Waals surface area contributed by atoms with Gasteiger partial charge >= 0.3 is 0 Å². The van der Waals surface area contributed by atoms with E-state index in [9.17, 15) is 28.8 Å². The fourth-order valence-electron chi connectivity index (χ4n) is 9.37. The van der Waals surface area contributed by atoms with Gasteiger partial charge in [0.25, 0.3) is 11.8 Å². The Morgan fingerprint density at radius 3 is 2.33 bits per heavy atom. The molecule has 0 radical (unpaired) electrons. The van der Waals surface area contributed by atoms with Crippen LogP contribution in [0.4, 0.5) is 5.69 Å². The number of ether oxygens (including phenoxy) is 1. The molecule has 3 aromatic carbocycles. The van der Waals surface area contributed by atoms with Gasteiger partial charge in [-0.3, -0.25) is 43.9 Å². The second-order valence-electron chi connectivity index (χ2n) is 17.0. The molecule has 3 fully saturated rings. The minimum absolute atomic E-state index is 0.0826. The average Bonchev–Trinajstić information content (AvgIpc) is 3.85. The van der Waals surface area contributed by atoms with E-state index in [1.54, 1.807) is 36.5 Å². The van der Waals surface area contributed by atoms with Crippen molar-refractivity contribution in [3.05, 3.63) is 112 Å². The minimum atomic E-state index is -0.984. The number of likely N-dealkylation sites (tertiary alicyclic amines) is 1. The van der Waals surface area contributed by atoms with Gasteiger partial charge < -0.3 is 19.5 Å². The van der Waals surface area contributed by atoms with Gasteiger partial charge in [0.15, 0.2) is 5.78 Å². The van der Waals surface area contributed by atoms with E-state index in [1.165, 1.54) is 6.33 Å². The van der Waals surface area contributed by atoms with Gasteiger partial charge in [0, 0.05) is 75.6 Å². The molecule has 2 N–H and O–H groups in total. The Hall–Kier alpha value is -6.45. The molecule has 16 heteroatoms. The highest BCUT2D eigenvalue weighted by Crippen LogP contribution is 2.33. The van der Waals surface area contributed by atoms with Gasteiger partial charge in [0.1, 0.15) is 29.5 Å². The van der Waals surface area contributed by atoms with Crippen LogP contribution in [0.5, 0.6) is 11.5 Å². The fourth-order valence-corrected chi connectivity index (χ4v) is 9.62. The number of piperidine rings is 2. The number of imide groups is 2. The molecule has 4 aliphatic heterocycles. The molecule has 15 nitrogen and oxygen atoms in total. The van der Waals surface area contributed by atoms with Crippen molar-refractivity contribution in [2.24, 2.45) is 5.92 Å². The molecule has 5 aromatic rings. The van der Waals surface area contributed by atoms with Crippen LogP contribution in [0.15, 0.2) is 79.3 Å². The second-order valence-corrected chi connectivity index (χ2v) is 17.4. The first kappa shape index (κ1) is 42.8. The van der Waals surface area contributed by atoms with Crippen LogP contribution in [0.25, 0.3) is 11.0 Å². The highest BCUT2D eigenvalue weighted by Gasteiger charge is 2.45. The quantitative estimate of drug-likeness (QED) is 0.0738. The molecule has 0 spiro atoms. The molecular weight excluding hydrogens is 836 g/mol. The number of carbonyl (C=O) groups is 6. The summed E-state index contributed by atoms with van der Waals surface area (Å²) in [4.78, 5) is 97.3. The number of amides is 5. The monoisotopic (exact) mass is 884 g/mol. The minimum Gasteiger partial charge on any atom is -0.457 e. The van der Waals surface area contributed by atoms with Gasteiger partial charge in [-0.2, -0.15) is 0 Å². The summed E-state index contributed by atoms with van der Waals surface area (Å²) in [7, 11) is 0. The van der Waals surface area contributed by atoms with Crippen LogP contribution in [0.2, 0.25) is 5.02 Å². The SMILES string of the molecule is O=C1CCC(N2C(=O)c3ccc(N4CCN(CCCCCC(=O)N5CCC(Cc6ncnc7[nH]cc(C(=O)c8ccc(Oc9ccccc9)cc8Cl)c67)CC5)CC4)cc3C2=O)C(=O)N1. The molecule has 1 unspecified atom stereocenters. The summed E-state index contributed by atoms with van der Waals surface area (Å²) in [6.45, 7) is 5.59. The van der Waals surface area contributed by atoms with Crippen molar-refractivity contribution in [1.29, 1.82) is 0 Å². The van der Waals surface area contributed by atoms with Crippen LogP contribution in [0, 0.1) is 5.92 Å². The molecule has 3 saturated heterocycles. The summed E-state index contributed by atoms with van der Waals surface area (Å²) in [6.07, 6.45) is 9.12. The van der Waals surface area contributed by atoms with Crippen molar-refractivity contribution in [1.82, 2.24) is 35.0 Å². The molecular formula is C48H49ClN8O7. The second kappa shape index (κ2) is 18.7. The number of aromatic amines is 1. The Morgan fingerprint density at radius 1 is 0.781 bits per heavy atom. The number of aromatic nitrogens is 3. The topological polar surface area (TPSA) is 178 Å². The fraction of sp³-hybridized carbons (Fsp3) is 0.375. The smallest absolute Gasteiger partial charge is 0.262 e. The largest absolute Gasteiger partial charge is 0.457 e. The third-order valence-corrected chi connectivity index (χ3v) is 13.2. The molecule has 6 heterocycles. The van der Waals surface area contributed by atoms with E-state index in [2.05, 4.69) is 30.1 Å². The number of halogens is 1. The Labute approximate surface area is 375 Å². The van der Waals surface area contributed by atoms with Crippen molar-refractivity contribution in [2.75, 3.05) is 50.7 Å². The molecule has 0 saturated carbocycles. The van der Waals surface area contributed by atoms with Crippen LogP contribution >= 0.6 is 11.6 Å². The number of carbonyl (C=O) groups excluding carboxylic acids is 6. The van der Waals surface area contributed by atoms with Crippen molar-refractivity contribution in [3.8, 4) is 11.5 Å². The van der Waals surface area contributed by atoms with Gasteiger partial charge in [-0.25, -0.2) is 9.97 Å². The Morgan fingerprint density at radius 2 is 1.56 bits per heavy atom. The Bertz CT molecular complexity index is 2620. The first-order valence-electron chi connectivity index (χ1n) is 22.1. The predicted molar refractivity (Wildman–Crippen MR) is 239 cm³/mol. The zero-order valence-corrected chi connectivity index (χ0v) is 36.1. The maximum Gasteiger partial charge on any atom is 0.262 e. The highest BCUT2D eigenvalue weighted by atomic mass is 35.5. The van der Waals surface area contributed by atoms with Crippen LogP contribution in [0.3, 0.4) is 0 Å². The third-order valence-electron chi connectivity index (χ3n) is 12.9. The summed E-state index contributed by atoms with van der Waals surface area (Å²) in [5, 5.41) is 3.22. The first-order chi connectivity index (χ1) is 31.1. The lowest BCUT2D eigenvalue weighted by Crippen LogP contribution is -2.54. The van der Waals surface area contributed by atoms with Crippen LogP contribution < -0.4 is 15.0 Å². The lowest BCUT2D eigenvalue weighted by molar-refractivity contribution is -0.136. The molecule has 2 aromatic heterocycles. The normalized spacial score (nSPS) is 18.5. The summed E-state index contributed by atoms with van der Waals surface area (Å²) < 4.78 is 5.90. The number of nitrogens with zero attached hydrogens (tertiary/aromatic N) is 6. The molecule has 5 amide bonds. The number of benzene rings is 3. The number of unbranched alkanes of at least 4 members (excludes halogenated alkanes) is 2. The van der Waals surface area contributed by atoms with Crippen LogP contribution in [0.1, 0.15) is 93.7 Å². The summed E-state index contributed by atoms with van der Waals surface area (Å²) in [6, 6.07) is 18.7. The third kappa shape index (κ3) is 9.00. The Balaban J connectivity index is 0.697. The van der Waals surface area contributed by atoms with Gasteiger partial charge in [0.2, 0.25) is 17.7 Å². The molecule has 330 valence electrons. The Kier molecular flexibility index (Phi) is 12.5. The molecule has 0 bridgehead atoms. The number of anilines is 1. The zero-order valence-electron chi connectivity index (χ0n) is 35.4. The predicted octanol–water partition coefficient (Wildman–Crippen LogP) is 6.20. The maximum atomic E-state index is 13.9. The van der Waals surface area contributed by atoms with Gasteiger partial charge in [-0.15, -0.1) is 0 Å². The van der Waals surface area contributed by atoms with Crippen LogP contribution in [-0.4, -0.2) is 117 Å². The number of fused-ring (bicyclic) bond motifs is 2. The summed E-state index contributed by atoms with van der Waals surface area (Å²) >= 11 is 6.63. The number of hydrogen-bond donors (Lipinski definition) is 2. The van der Waals surface area contributed by atoms with E-state index >= 15 is 0 Å². The molecule has 9 rings (SSSR count). The standard InChI is InChI=1S/C48H49ClN8O7/c49-38-27-33(64-32-7-3-1-4-8-32)11-13-35(38)44(60)37-28-50-45-43(37)39(51-29-52-45)25-30-16-19-56(20-17-30)42(59)9-5-2-6-18-54-21-23-55(24-22-54)31-10-12-34-36(26-31)48(63)57(47(34)62)40-14-15-41(58)53-46(40)61/h1,3-4,7-8,10-13,26-30,40H,2,5-6,9,14-25H2,(H,50,51,52)(H,53,58,61). The molecule has 4 aliphatic rings. The van der Waals surface area contributed by atoms with E-state index in [4.69, 9.17) is 16.3 Å². The van der Waals surface area contributed by atoms with E-state index in [1.807, 2.05) is 41.3 Å². The van der Waals surface area contributed by atoms with Crippen molar-refractivity contribution < 1.29 is 33.5 Å². The number of rotatable bonds is 14. The number of ketones is 1. The van der Waals surface area contributed by atoms with E-state index in [0.717, 1.165) is 81.1 Å². The van der Waals surface area contributed by atoms with Gasteiger partial charge in [0.05, 0.1) is 32.8 Å². The van der Waals surface area contributed by atoms with Gasteiger partial charge in [-0.05, 0) is 93.5 Å². The number of hydrogen-bond acceptors (Lipinski definition) is 11. The summed E-state index contributed by atoms with van der Waals surface area (Å²) in [5.41, 5.74) is 3.66. The number of H-pyrrole nitrogens is 1. The highest BCUT2D eigenvalue weighted by molar-refractivity contribution is 6.35. The van der Waals surface area contributed by atoms with Crippen LogP contribution in [-0.2, 0) is 20.8 Å². The average molecular weight is 885 g/mol. The van der Waals surface area contributed by atoms with E-state index < -0.39 is 29.7 Å². The zero-order chi connectivity index (χ0) is 44.3. The van der Waals surface area contributed by atoms with E-state index in [0.29, 0.717) is 71.1 Å². The maximum absolute atomic E-state index is 13.9. The van der Waals surface area contributed by atoms with Crippen molar-refractivity contribution in [2.45, 2.75) is 63.8 Å². The first-order valence-corrected chi connectivity index (χ1v) is 22.5. The number of piperazine rings is 1. The summed E-state index contributed by atoms with van der Waals surface area (Å²) in [5.74, 6) is -0.537. The lowest BCUT2D eigenvalue weighted by Gasteiger charge is -2.36. The number of nitrogens with one attached hydrogen (secondary N) is 2. The molecule has 64 heavy (non-hydrogen) atoms. The molecule has 0 aliphatic carbocycles. The number of para-hydroxylation sites is 1. The molecule has 1 atom stereocenters. The van der Waals surface area contributed by atoms with E-state index in [-0.39, 0.29) is 35.1 Å². The van der Waals surface area contributed by atoms with Gasteiger partial charge in [-0.1, -0.05) is 36.2 Å². The van der Waals surface area contributed by atoms with Crippen molar-refractivity contribution >= 4 is 63.6 Å². The van der Waals surface area contributed by atoms with Crippen molar-refractivity contribution in [3.63, 3.8) is 0 Å². The lowest BCUT2D eigenvalue weighted by atomic mass is 9.90.